The lowest BCUT2D eigenvalue weighted by molar-refractivity contribution is -0.393. The minimum Gasteiger partial charge on any atom is -0.371 e. The van der Waals surface area contributed by atoms with Crippen molar-refractivity contribution in [3.63, 3.8) is 0 Å². The molecule has 0 aliphatic carbocycles. The monoisotopic (exact) mass is 414 g/mol. The number of hydrazone groups is 1. The number of hydrogen-bond acceptors (Lipinski definition) is 9. The molecule has 0 amide bonds. The van der Waals surface area contributed by atoms with Crippen LogP contribution in [0.1, 0.15) is 24.8 Å². The van der Waals surface area contributed by atoms with Crippen molar-refractivity contribution < 1.29 is 14.8 Å². The number of nitro groups is 3. The van der Waals surface area contributed by atoms with E-state index in [0.29, 0.717) is 5.56 Å². The molecule has 2 aromatic rings. The molecule has 1 aliphatic rings. The fraction of sp³-hybridized carbons (Fsp3) is 0.278. The van der Waals surface area contributed by atoms with E-state index in [2.05, 4.69) is 15.4 Å². The molecule has 1 N–H and O–H groups in total. The van der Waals surface area contributed by atoms with Crippen LogP contribution in [-0.2, 0) is 0 Å². The molecule has 1 saturated heterocycles. The summed E-state index contributed by atoms with van der Waals surface area (Å²) in [4.78, 5) is 33.3. The molecule has 1 fully saturated rings. The largest absolute Gasteiger partial charge is 0.371 e. The van der Waals surface area contributed by atoms with E-state index in [1.807, 2.05) is 0 Å². The fourth-order valence-corrected chi connectivity index (χ4v) is 3.23. The second kappa shape index (κ2) is 8.94. The minimum absolute atomic E-state index is 0.0354. The lowest BCUT2D eigenvalue weighted by Crippen LogP contribution is -2.30. The van der Waals surface area contributed by atoms with Crippen molar-refractivity contribution in [3.05, 3.63) is 72.3 Å². The number of hydrogen-bond donors (Lipinski definition) is 1. The van der Waals surface area contributed by atoms with E-state index in [9.17, 15) is 30.3 Å². The molecule has 156 valence electrons. The fourth-order valence-electron chi connectivity index (χ4n) is 3.23. The van der Waals surface area contributed by atoms with E-state index in [1.54, 1.807) is 6.07 Å². The number of non-ortho nitro benzene ring substituents is 2. The van der Waals surface area contributed by atoms with E-state index in [0.717, 1.165) is 50.2 Å². The van der Waals surface area contributed by atoms with E-state index >= 15 is 0 Å². The minimum atomic E-state index is -0.753. The molecule has 0 saturated carbocycles. The molecule has 0 aromatic heterocycles. The van der Waals surface area contributed by atoms with Gasteiger partial charge in [-0.15, -0.1) is 0 Å². The van der Waals surface area contributed by atoms with Crippen LogP contribution in [0.15, 0.2) is 41.5 Å². The van der Waals surface area contributed by atoms with Crippen LogP contribution in [0.3, 0.4) is 0 Å². The van der Waals surface area contributed by atoms with Crippen molar-refractivity contribution in [2.75, 3.05) is 23.4 Å². The Morgan fingerprint density at radius 1 is 0.867 bits per heavy atom. The van der Waals surface area contributed by atoms with Gasteiger partial charge in [-0.3, -0.25) is 35.8 Å². The van der Waals surface area contributed by atoms with Crippen molar-refractivity contribution >= 4 is 34.7 Å². The van der Waals surface area contributed by atoms with Gasteiger partial charge in [0, 0.05) is 42.5 Å². The van der Waals surface area contributed by atoms with Crippen LogP contribution in [0.4, 0.5) is 28.4 Å². The van der Waals surface area contributed by atoms with Crippen LogP contribution in [0, 0.1) is 30.3 Å². The number of piperidine rings is 1. The zero-order valence-electron chi connectivity index (χ0n) is 15.8. The van der Waals surface area contributed by atoms with Crippen LogP contribution in [0.25, 0.3) is 0 Å². The standard InChI is InChI=1S/C18H18N6O6/c25-22(26)14-5-7-17(21-8-2-1-3-9-21)13(10-14)12-19-20-16-6-4-15(23(27)28)11-18(16)24(29)30/h4-7,10-12,20H,1-3,8-9H2/b19-12-. The third kappa shape index (κ3) is 4.66. The maximum absolute atomic E-state index is 11.2. The first-order chi connectivity index (χ1) is 14.4. The predicted octanol–water partition coefficient (Wildman–Crippen LogP) is 3.85. The maximum atomic E-state index is 11.2. The lowest BCUT2D eigenvalue weighted by Gasteiger charge is -2.29. The molecule has 12 nitrogen and oxygen atoms in total. The summed E-state index contributed by atoms with van der Waals surface area (Å²) in [6, 6.07) is 7.63. The number of nitro benzene ring substituents is 3. The molecule has 2 aromatic carbocycles. The van der Waals surface area contributed by atoms with E-state index in [-0.39, 0.29) is 11.4 Å². The van der Waals surface area contributed by atoms with Gasteiger partial charge in [-0.05, 0) is 31.4 Å². The summed E-state index contributed by atoms with van der Waals surface area (Å²) in [5.41, 5.74) is 2.72. The third-order valence-electron chi connectivity index (χ3n) is 4.70. The van der Waals surface area contributed by atoms with Gasteiger partial charge >= 0.3 is 5.69 Å². The number of anilines is 2. The number of nitrogens with one attached hydrogen (secondary N) is 1. The van der Waals surface area contributed by atoms with Crippen LogP contribution < -0.4 is 10.3 Å². The summed E-state index contributed by atoms with van der Waals surface area (Å²) in [6.07, 6.45) is 4.50. The Morgan fingerprint density at radius 3 is 2.13 bits per heavy atom. The molecule has 12 heteroatoms. The van der Waals surface area contributed by atoms with Crippen molar-refractivity contribution in [1.82, 2.24) is 0 Å². The van der Waals surface area contributed by atoms with Gasteiger partial charge in [-0.1, -0.05) is 0 Å². The van der Waals surface area contributed by atoms with Crippen molar-refractivity contribution in [2.24, 2.45) is 5.10 Å². The maximum Gasteiger partial charge on any atom is 0.301 e. The second-order valence-electron chi connectivity index (χ2n) is 6.63. The Hall–Kier alpha value is -4.09. The first kappa shape index (κ1) is 20.6. The smallest absolute Gasteiger partial charge is 0.301 e. The molecule has 1 aliphatic heterocycles. The molecule has 0 radical (unpaired) electrons. The van der Waals surface area contributed by atoms with Crippen molar-refractivity contribution in [2.45, 2.75) is 19.3 Å². The Labute approximate surface area is 170 Å². The average molecular weight is 414 g/mol. The van der Waals surface area contributed by atoms with Crippen molar-refractivity contribution in [3.8, 4) is 0 Å². The average Bonchev–Trinajstić information content (AvgIpc) is 2.74. The van der Waals surface area contributed by atoms with Crippen LogP contribution in [-0.4, -0.2) is 34.1 Å². The number of benzene rings is 2. The van der Waals surface area contributed by atoms with Gasteiger partial charge in [0.25, 0.3) is 11.4 Å². The second-order valence-corrected chi connectivity index (χ2v) is 6.63. The summed E-state index contributed by atoms with van der Waals surface area (Å²) >= 11 is 0. The van der Waals surface area contributed by atoms with Crippen LogP contribution in [0.5, 0.6) is 0 Å². The highest BCUT2D eigenvalue weighted by Crippen LogP contribution is 2.30. The zero-order valence-corrected chi connectivity index (χ0v) is 15.8. The summed E-state index contributed by atoms with van der Waals surface area (Å²) in [6.45, 7) is 1.64. The molecule has 3 rings (SSSR count). The summed E-state index contributed by atoms with van der Waals surface area (Å²) < 4.78 is 0. The Bertz CT molecular complexity index is 1020. The van der Waals surface area contributed by atoms with Gasteiger partial charge in [0.15, 0.2) is 0 Å². The Morgan fingerprint density at radius 2 is 1.50 bits per heavy atom. The predicted molar refractivity (Wildman–Crippen MR) is 110 cm³/mol. The van der Waals surface area contributed by atoms with Gasteiger partial charge in [0.1, 0.15) is 5.69 Å². The highest BCUT2D eigenvalue weighted by Gasteiger charge is 2.20. The summed E-state index contributed by atoms with van der Waals surface area (Å²) in [5.74, 6) is 0. The lowest BCUT2D eigenvalue weighted by atomic mass is 10.1. The molecule has 0 bridgehead atoms. The van der Waals surface area contributed by atoms with Crippen LogP contribution in [0.2, 0.25) is 0 Å². The van der Waals surface area contributed by atoms with Gasteiger partial charge < -0.3 is 4.90 Å². The first-order valence-corrected chi connectivity index (χ1v) is 9.12. The van der Waals surface area contributed by atoms with E-state index in [4.69, 9.17) is 0 Å². The Kier molecular flexibility index (Phi) is 6.15. The van der Waals surface area contributed by atoms with Crippen LogP contribution >= 0.6 is 0 Å². The summed E-state index contributed by atoms with van der Waals surface area (Å²) in [5, 5.41) is 37.2. The van der Waals surface area contributed by atoms with Gasteiger partial charge in [-0.25, -0.2) is 0 Å². The molecule has 1 heterocycles. The third-order valence-corrected chi connectivity index (χ3v) is 4.70. The molecule has 0 atom stereocenters. The SMILES string of the molecule is O=[N+]([O-])c1ccc(N2CCCCC2)c(/C=N\Nc2ccc([N+](=O)[O-])cc2[N+](=O)[O-])c1. The van der Waals surface area contributed by atoms with Gasteiger partial charge in [0.2, 0.25) is 0 Å². The molecule has 0 unspecified atom stereocenters. The Balaban J connectivity index is 1.89. The van der Waals surface area contributed by atoms with E-state index in [1.165, 1.54) is 24.4 Å². The topological polar surface area (TPSA) is 157 Å². The molecule has 0 spiro atoms. The quantitative estimate of drug-likeness (QED) is 0.406. The zero-order chi connectivity index (χ0) is 21.7. The highest BCUT2D eigenvalue weighted by atomic mass is 16.6. The summed E-state index contributed by atoms with van der Waals surface area (Å²) in [7, 11) is 0. The molecular formula is C18H18N6O6. The first-order valence-electron chi connectivity index (χ1n) is 9.12. The number of nitrogens with zero attached hydrogens (tertiary/aromatic N) is 5. The van der Waals surface area contributed by atoms with Gasteiger partial charge in [-0.2, -0.15) is 5.10 Å². The number of rotatable bonds is 7. The molecular weight excluding hydrogens is 396 g/mol. The van der Waals surface area contributed by atoms with Crippen molar-refractivity contribution in [1.29, 1.82) is 0 Å². The van der Waals surface area contributed by atoms with E-state index < -0.39 is 26.1 Å². The highest BCUT2D eigenvalue weighted by molar-refractivity contribution is 5.89. The molecule has 30 heavy (non-hydrogen) atoms. The van der Waals surface area contributed by atoms with Gasteiger partial charge in [0.05, 0.1) is 27.1 Å². The normalized spacial score (nSPS) is 13.9.